The molecular weight excluding hydrogens is 247 g/mol. The van der Waals surface area contributed by atoms with Crippen molar-refractivity contribution in [3.63, 3.8) is 0 Å². The number of aryl methyl sites for hydroxylation is 1. The lowest BCUT2D eigenvalue weighted by Crippen LogP contribution is -2.25. The van der Waals surface area contributed by atoms with Crippen LogP contribution in [0.15, 0.2) is 16.6 Å². The Bertz CT molecular complexity index is 328. The molecule has 0 spiro atoms. The lowest BCUT2D eigenvalue weighted by Gasteiger charge is -2.14. The molecule has 0 saturated heterocycles. The average molecular weight is 261 g/mol. The number of nitrogens with two attached hydrogens (primary N) is 1. The molecule has 0 heterocycles. The molecule has 4 heteroatoms. The smallest absolute Gasteiger partial charge is 0.147 e. The molecule has 0 aliphatic heterocycles. The molecule has 14 heavy (non-hydrogen) atoms. The van der Waals surface area contributed by atoms with Gasteiger partial charge in [-0.15, -0.1) is 0 Å². The Kier molecular flexibility index (Phi) is 3.89. The van der Waals surface area contributed by atoms with E-state index >= 15 is 0 Å². The number of hydrogen-bond acceptors (Lipinski definition) is 2. The van der Waals surface area contributed by atoms with Gasteiger partial charge < -0.3 is 11.1 Å². The first kappa shape index (κ1) is 11.5. The molecule has 0 fully saturated rings. The van der Waals surface area contributed by atoms with Crippen molar-refractivity contribution in [3.8, 4) is 0 Å². The minimum atomic E-state index is -0.261. The summed E-state index contributed by atoms with van der Waals surface area (Å²) in [4.78, 5) is 0. The van der Waals surface area contributed by atoms with Gasteiger partial charge in [0.15, 0.2) is 0 Å². The van der Waals surface area contributed by atoms with Gasteiger partial charge >= 0.3 is 0 Å². The van der Waals surface area contributed by atoms with E-state index in [-0.39, 0.29) is 11.9 Å². The number of nitrogens with one attached hydrogen (secondary N) is 1. The molecule has 1 aromatic rings. The second-order valence-corrected chi connectivity index (χ2v) is 4.22. The van der Waals surface area contributed by atoms with Crippen LogP contribution in [0, 0.1) is 12.7 Å². The Hall–Kier alpha value is -0.610. The predicted molar refractivity (Wildman–Crippen MR) is 61.0 cm³/mol. The van der Waals surface area contributed by atoms with Crippen LogP contribution in [-0.4, -0.2) is 12.6 Å². The van der Waals surface area contributed by atoms with Gasteiger partial charge in [-0.3, -0.25) is 0 Å². The molecule has 2 nitrogen and oxygen atoms in total. The standard InChI is InChI=1S/C10H14BrFN2/c1-6-3-10(14-7(2)5-13)9(12)4-8(6)11/h3-4,7,14H,5,13H2,1-2H3. The van der Waals surface area contributed by atoms with Gasteiger partial charge in [0, 0.05) is 17.1 Å². The molecule has 3 N–H and O–H groups in total. The Labute approximate surface area is 91.8 Å². The van der Waals surface area contributed by atoms with Gasteiger partial charge in [0.25, 0.3) is 0 Å². The SMILES string of the molecule is Cc1cc(NC(C)CN)c(F)cc1Br. The highest BCUT2D eigenvalue weighted by molar-refractivity contribution is 9.10. The Morgan fingerprint density at radius 3 is 2.79 bits per heavy atom. The van der Waals surface area contributed by atoms with Crippen molar-refractivity contribution < 1.29 is 4.39 Å². The second-order valence-electron chi connectivity index (χ2n) is 3.36. The number of hydrogen-bond donors (Lipinski definition) is 2. The largest absolute Gasteiger partial charge is 0.379 e. The third-order valence-corrected chi connectivity index (χ3v) is 2.86. The maximum Gasteiger partial charge on any atom is 0.147 e. The van der Waals surface area contributed by atoms with Crippen LogP contribution in [0.4, 0.5) is 10.1 Å². The number of anilines is 1. The zero-order chi connectivity index (χ0) is 10.7. The highest BCUT2D eigenvalue weighted by Gasteiger charge is 2.07. The third kappa shape index (κ3) is 2.69. The van der Waals surface area contributed by atoms with Crippen LogP contribution in [-0.2, 0) is 0 Å². The van der Waals surface area contributed by atoms with E-state index in [9.17, 15) is 4.39 Å². The molecule has 78 valence electrons. The molecule has 1 atom stereocenters. The molecule has 0 aliphatic rings. The van der Waals surface area contributed by atoms with Crippen LogP contribution < -0.4 is 11.1 Å². The van der Waals surface area contributed by atoms with E-state index < -0.39 is 0 Å². The van der Waals surface area contributed by atoms with E-state index in [0.717, 1.165) is 10.0 Å². The van der Waals surface area contributed by atoms with Crippen LogP contribution in [0.5, 0.6) is 0 Å². The highest BCUT2D eigenvalue weighted by atomic mass is 79.9. The van der Waals surface area contributed by atoms with E-state index in [2.05, 4.69) is 21.2 Å². The first-order valence-electron chi connectivity index (χ1n) is 4.47. The van der Waals surface area contributed by atoms with Crippen molar-refractivity contribution in [1.82, 2.24) is 0 Å². The topological polar surface area (TPSA) is 38.0 Å². The van der Waals surface area contributed by atoms with E-state index in [0.29, 0.717) is 12.2 Å². The van der Waals surface area contributed by atoms with Gasteiger partial charge in [-0.2, -0.15) is 0 Å². The fraction of sp³-hybridized carbons (Fsp3) is 0.400. The van der Waals surface area contributed by atoms with Crippen LogP contribution in [0.2, 0.25) is 0 Å². The fourth-order valence-electron chi connectivity index (χ4n) is 1.09. The summed E-state index contributed by atoms with van der Waals surface area (Å²) in [6.07, 6.45) is 0. The van der Waals surface area contributed by atoms with Gasteiger partial charge in [0.2, 0.25) is 0 Å². The molecular formula is C10H14BrFN2. The van der Waals surface area contributed by atoms with Gasteiger partial charge in [-0.05, 0) is 31.5 Å². The van der Waals surface area contributed by atoms with Gasteiger partial charge in [0.1, 0.15) is 5.82 Å². The van der Waals surface area contributed by atoms with Crippen molar-refractivity contribution in [3.05, 3.63) is 28.0 Å². The minimum Gasteiger partial charge on any atom is -0.379 e. The third-order valence-electron chi connectivity index (χ3n) is 2.00. The summed E-state index contributed by atoms with van der Waals surface area (Å²) in [6, 6.07) is 3.30. The van der Waals surface area contributed by atoms with Gasteiger partial charge in [0.05, 0.1) is 5.69 Å². The summed E-state index contributed by atoms with van der Waals surface area (Å²) in [5.41, 5.74) is 6.95. The van der Waals surface area contributed by atoms with Crippen molar-refractivity contribution in [2.45, 2.75) is 19.9 Å². The van der Waals surface area contributed by atoms with Crippen molar-refractivity contribution in [2.75, 3.05) is 11.9 Å². The van der Waals surface area contributed by atoms with Crippen molar-refractivity contribution in [1.29, 1.82) is 0 Å². The lowest BCUT2D eigenvalue weighted by atomic mass is 10.2. The molecule has 0 saturated carbocycles. The number of rotatable bonds is 3. The molecule has 1 unspecified atom stereocenters. The van der Waals surface area contributed by atoms with E-state index in [1.165, 1.54) is 6.07 Å². The Morgan fingerprint density at radius 1 is 1.57 bits per heavy atom. The molecule has 0 radical (unpaired) electrons. The summed E-state index contributed by atoms with van der Waals surface area (Å²) in [6.45, 7) is 4.31. The Morgan fingerprint density at radius 2 is 2.21 bits per heavy atom. The lowest BCUT2D eigenvalue weighted by molar-refractivity contribution is 0.625. The summed E-state index contributed by atoms with van der Waals surface area (Å²) in [7, 11) is 0. The summed E-state index contributed by atoms with van der Waals surface area (Å²) in [5.74, 6) is -0.261. The van der Waals surface area contributed by atoms with E-state index in [1.807, 2.05) is 13.8 Å². The molecule has 0 aromatic heterocycles. The van der Waals surface area contributed by atoms with Crippen molar-refractivity contribution in [2.24, 2.45) is 5.73 Å². The Balaban J connectivity index is 2.92. The number of benzene rings is 1. The van der Waals surface area contributed by atoms with Crippen LogP contribution in [0.3, 0.4) is 0 Å². The van der Waals surface area contributed by atoms with E-state index in [1.54, 1.807) is 6.07 Å². The minimum absolute atomic E-state index is 0.0741. The number of halogens is 2. The molecule has 1 aromatic carbocycles. The zero-order valence-electron chi connectivity index (χ0n) is 8.27. The normalized spacial score (nSPS) is 12.6. The molecule has 0 bridgehead atoms. The zero-order valence-corrected chi connectivity index (χ0v) is 9.86. The molecule has 0 aliphatic carbocycles. The highest BCUT2D eigenvalue weighted by Crippen LogP contribution is 2.24. The monoisotopic (exact) mass is 260 g/mol. The predicted octanol–water partition coefficient (Wildman–Crippen LogP) is 2.66. The first-order valence-corrected chi connectivity index (χ1v) is 5.26. The van der Waals surface area contributed by atoms with Gasteiger partial charge in [-0.1, -0.05) is 15.9 Å². The second kappa shape index (κ2) is 4.75. The van der Waals surface area contributed by atoms with Crippen LogP contribution >= 0.6 is 15.9 Å². The van der Waals surface area contributed by atoms with Crippen LogP contribution in [0.1, 0.15) is 12.5 Å². The summed E-state index contributed by atoms with van der Waals surface area (Å²) in [5, 5.41) is 3.01. The molecule has 0 amide bonds. The quantitative estimate of drug-likeness (QED) is 0.877. The van der Waals surface area contributed by atoms with E-state index in [4.69, 9.17) is 5.73 Å². The fourth-order valence-corrected chi connectivity index (χ4v) is 1.41. The summed E-state index contributed by atoms with van der Waals surface area (Å²) < 4.78 is 14.2. The first-order chi connectivity index (χ1) is 6.54. The van der Waals surface area contributed by atoms with Crippen molar-refractivity contribution >= 4 is 21.6 Å². The maximum atomic E-state index is 13.4. The maximum absolute atomic E-state index is 13.4. The van der Waals surface area contributed by atoms with Gasteiger partial charge in [-0.25, -0.2) is 4.39 Å². The average Bonchev–Trinajstić information content (AvgIpc) is 2.14. The summed E-state index contributed by atoms with van der Waals surface area (Å²) >= 11 is 3.27. The molecule has 1 rings (SSSR count). The van der Waals surface area contributed by atoms with Crippen LogP contribution in [0.25, 0.3) is 0 Å².